The van der Waals surface area contributed by atoms with E-state index in [-0.39, 0.29) is 29.6 Å². The van der Waals surface area contributed by atoms with Gasteiger partial charge in [0.05, 0.1) is 23.0 Å². The van der Waals surface area contributed by atoms with Crippen LogP contribution in [-0.4, -0.2) is 79.3 Å². The fraction of sp³-hybridized carbons (Fsp3) is 0.588. The van der Waals surface area contributed by atoms with Crippen LogP contribution in [0.1, 0.15) is 16.8 Å². The van der Waals surface area contributed by atoms with Crippen LogP contribution >= 0.6 is 24.2 Å². The number of ether oxygens (including phenoxy) is 1. The maximum absolute atomic E-state index is 13.0. The molecule has 0 saturated carbocycles. The molecule has 2 aliphatic heterocycles. The number of piperazine rings is 1. The predicted octanol–water partition coefficient (Wildman–Crippen LogP) is 1.87. The number of nitrogens with zero attached hydrogens (tertiary/aromatic N) is 3. The van der Waals surface area contributed by atoms with Gasteiger partial charge in [0.25, 0.3) is 11.6 Å². The number of rotatable bonds is 5. The first-order valence-corrected chi connectivity index (χ1v) is 9.92. The second-order valence-corrected chi connectivity index (χ2v) is 7.31. The van der Waals surface area contributed by atoms with Crippen LogP contribution in [0.15, 0.2) is 17.0 Å². The van der Waals surface area contributed by atoms with Crippen molar-refractivity contribution in [2.45, 2.75) is 17.4 Å². The Morgan fingerprint density at radius 2 is 2.04 bits per heavy atom. The molecule has 1 unspecified atom stereocenters. The first-order chi connectivity index (χ1) is 12.5. The van der Waals surface area contributed by atoms with Crippen molar-refractivity contribution in [3.05, 3.63) is 27.8 Å². The van der Waals surface area contributed by atoms with Crippen molar-refractivity contribution in [3.63, 3.8) is 0 Å². The Labute approximate surface area is 169 Å². The van der Waals surface area contributed by atoms with Crippen molar-refractivity contribution < 1.29 is 14.5 Å². The molecule has 2 fully saturated rings. The summed E-state index contributed by atoms with van der Waals surface area (Å²) in [5, 5.41) is 14.8. The molecule has 0 bridgehead atoms. The van der Waals surface area contributed by atoms with Crippen LogP contribution in [0, 0.1) is 10.1 Å². The monoisotopic (exact) mass is 416 g/mol. The van der Waals surface area contributed by atoms with Gasteiger partial charge in [-0.3, -0.25) is 19.8 Å². The maximum Gasteiger partial charge on any atom is 0.285 e. The number of methoxy groups -OCH3 is 1. The van der Waals surface area contributed by atoms with E-state index in [4.69, 9.17) is 4.74 Å². The molecular formula is C17H25ClN4O4S. The average Bonchev–Trinajstić information content (AvgIpc) is 3.17. The van der Waals surface area contributed by atoms with Gasteiger partial charge in [0.15, 0.2) is 0 Å². The van der Waals surface area contributed by atoms with Crippen molar-refractivity contribution in [2.24, 2.45) is 0 Å². The summed E-state index contributed by atoms with van der Waals surface area (Å²) < 4.78 is 5.22. The van der Waals surface area contributed by atoms with Gasteiger partial charge >= 0.3 is 0 Å². The smallest absolute Gasteiger partial charge is 0.285 e. The zero-order chi connectivity index (χ0) is 18.7. The van der Waals surface area contributed by atoms with Gasteiger partial charge in [-0.1, -0.05) is 0 Å². The minimum absolute atomic E-state index is 0. The molecule has 2 aliphatic rings. The van der Waals surface area contributed by atoms with Crippen molar-refractivity contribution in [3.8, 4) is 5.75 Å². The Morgan fingerprint density at radius 3 is 2.63 bits per heavy atom. The molecule has 2 saturated heterocycles. The number of benzene rings is 1. The number of carbonyl (C=O) groups is 1. The van der Waals surface area contributed by atoms with Crippen molar-refractivity contribution >= 4 is 35.8 Å². The van der Waals surface area contributed by atoms with E-state index in [1.165, 1.54) is 24.9 Å². The number of nitro benzene ring substituents is 1. The molecule has 0 radical (unpaired) electrons. The van der Waals surface area contributed by atoms with Crippen molar-refractivity contribution in [1.29, 1.82) is 0 Å². The molecule has 3 rings (SSSR count). The number of amides is 1. The van der Waals surface area contributed by atoms with Gasteiger partial charge in [0.2, 0.25) is 0 Å². The minimum Gasteiger partial charge on any atom is -0.495 e. The van der Waals surface area contributed by atoms with Crippen LogP contribution in [0.25, 0.3) is 0 Å². The maximum atomic E-state index is 13.0. The molecule has 10 heteroatoms. The van der Waals surface area contributed by atoms with E-state index < -0.39 is 4.92 Å². The van der Waals surface area contributed by atoms with Crippen LogP contribution < -0.4 is 10.1 Å². The third kappa shape index (κ3) is 4.66. The molecule has 0 aromatic heterocycles. The summed E-state index contributed by atoms with van der Waals surface area (Å²) in [7, 11) is 1.47. The Hall–Kier alpha value is -1.55. The number of nitrogens with one attached hydrogen (secondary N) is 1. The summed E-state index contributed by atoms with van der Waals surface area (Å²) >= 11 is 1.40. The number of nitro groups is 1. The van der Waals surface area contributed by atoms with E-state index in [0.29, 0.717) is 24.9 Å². The predicted molar refractivity (Wildman–Crippen MR) is 107 cm³/mol. The largest absolute Gasteiger partial charge is 0.495 e. The van der Waals surface area contributed by atoms with E-state index in [9.17, 15) is 14.9 Å². The van der Waals surface area contributed by atoms with Gasteiger partial charge in [-0.25, -0.2) is 0 Å². The van der Waals surface area contributed by atoms with E-state index in [1.54, 1.807) is 11.0 Å². The minimum atomic E-state index is -0.510. The molecule has 1 amide bonds. The van der Waals surface area contributed by atoms with Gasteiger partial charge in [0, 0.05) is 45.3 Å². The highest BCUT2D eigenvalue weighted by Crippen LogP contribution is 2.35. The Balaban J connectivity index is 0.00000261. The second-order valence-electron chi connectivity index (χ2n) is 6.46. The number of carbonyl (C=O) groups excluding carboxylic acids is 1. The highest BCUT2D eigenvalue weighted by atomic mass is 35.5. The number of halogens is 1. The SMILES string of the molecule is COc1cc([N+](=O)[O-])c(C(=O)N2CCC(N3CCNCC3)C2)cc1SC.Cl. The quantitative estimate of drug-likeness (QED) is 0.445. The van der Waals surface area contributed by atoms with Crippen LogP contribution in [0.2, 0.25) is 0 Å². The fourth-order valence-electron chi connectivity index (χ4n) is 3.63. The number of hydrogen-bond donors (Lipinski definition) is 1. The zero-order valence-electron chi connectivity index (χ0n) is 15.5. The van der Waals surface area contributed by atoms with Crippen molar-refractivity contribution in [1.82, 2.24) is 15.1 Å². The second kappa shape index (κ2) is 9.59. The summed E-state index contributed by atoms with van der Waals surface area (Å²) in [6, 6.07) is 3.27. The van der Waals surface area contributed by atoms with E-state index >= 15 is 0 Å². The summed E-state index contributed by atoms with van der Waals surface area (Å²) in [6.07, 6.45) is 2.76. The first-order valence-electron chi connectivity index (χ1n) is 8.69. The molecule has 8 nitrogen and oxygen atoms in total. The van der Waals surface area contributed by atoms with Gasteiger partial charge in [-0.2, -0.15) is 0 Å². The molecule has 0 spiro atoms. The van der Waals surface area contributed by atoms with E-state index in [1.807, 2.05) is 6.26 Å². The van der Waals surface area contributed by atoms with Crippen LogP contribution in [-0.2, 0) is 0 Å². The summed E-state index contributed by atoms with van der Waals surface area (Å²) in [5.41, 5.74) is -0.0589. The molecule has 2 heterocycles. The average molecular weight is 417 g/mol. The molecule has 27 heavy (non-hydrogen) atoms. The highest BCUT2D eigenvalue weighted by Gasteiger charge is 2.34. The normalized spacial score (nSPS) is 20.2. The third-order valence-corrected chi connectivity index (χ3v) is 5.81. The molecule has 150 valence electrons. The molecular weight excluding hydrogens is 392 g/mol. The highest BCUT2D eigenvalue weighted by molar-refractivity contribution is 7.98. The first kappa shape index (κ1) is 21.7. The Kier molecular flexibility index (Phi) is 7.72. The topological polar surface area (TPSA) is 87.9 Å². The molecule has 1 aromatic carbocycles. The molecule has 0 aliphatic carbocycles. The summed E-state index contributed by atoms with van der Waals surface area (Å²) in [4.78, 5) is 28.8. The van der Waals surface area contributed by atoms with Crippen LogP contribution in [0.4, 0.5) is 5.69 Å². The molecule has 1 N–H and O–H groups in total. The standard InChI is InChI=1S/C17H24N4O4S.ClH/c1-25-15-10-14(21(23)24)13(9-16(15)26-2)17(22)20-6-3-12(11-20)19-7-4-18-5-8-19;/h9-10,12,18H,3-8,11H2,1-2H3;1H. The van der Waals surface area contributed by atoms with Crippen molar-refractivity contribution in [2.75, 3.05) is 52.6 Å². The fourth-order valence-corrected chi connectivity index (χ4v) is 4.21. The Morgan fingerprint density at radius 1 is 1.33 bits per heavy atom. The molecule has 1 atom stereocenters. The van der Waals surface area contributed by atoms with Gasteiger partial charge in [0.1, 0.15) is 11.3 Å². The Bertz CT molecular complexity index is 700. The third-order valence-electron chi connectivity index (χ3n) is 5.05. The zero-order valence-corrected chi connectivity index (χ0v) is 17.1. The van der Waals surface area contributed by atoms with Gasteiger partial charge in [-0.15, -0.1) is 24.2 Å². The lowest BCUT2D eigenvalue weighted by Crippen LogP contribution is -2.49. The number of hydrogen-bond acceptors (Lipinski definition) is 7. The lowest BCUT2D eigenvalue weighted by atomic mass is 10.1. The van der Waals surface area contributed by atoms with E-state index in [0.717, 1.165) is 37.5 Å². The summed E-state index contributed by atoms with van der Waals surface area (Å²) in [5.74, 6) is 0.146. The molecule has 1 aromatic rings. The van der Waals surface area contributed by atoms with Crippen LogP contribution in [0.3, 0.4) is 0 Å². The number of thioether (sulfide) groups is 1. The van der Waals surface area contributed by atoms with Gasteiger partial charge in [-0.05, 0) is 18.7 Å². The lowest BCUT2D eigenvalue weighted by Gasteiger charge is -2.32. The van der Waals surface area contributed by atoms with E-state index in [2.05, 4.69) is 10.2 Å². The number of likely N-dealkylation sites (tertiary alicyclic amines) is 1. The summed E-state index contributed by atoms with van der Waals surface area (Å²) in [6.45, 7) is 5.14. The van der Waals surface area contributed by atoms with Gasteiger partial charge < -0.3 is 15.0 Å². The lowest BCUT2D eigenvalue weighted by molar-refractivity contribution is -0.385. The van der Waals surface area contributed by atoms with Crippen LogP contribution in [0.5, 0.6) is 5.75 Å².